The Kier molecular flexibility index (Phi) is 7.05. The molecule has 0 radical (unpaired) electrons. The number of hydrogen-bond donors (Lipinski definition) is 3. The topological polar surface area (TPSA) is 79.3 Å². The lowest BCUT2D eigenvalue weighted by atomic mass is 10.2. The van der Waals surface area contributed by atoms with E-state index in [1.807, 2.05) is 13.1 Å². The van der Waals surface area contributed by atoms with Gasteiger partial charge in [0.1, 0.15) is 18.2 Å². The number of aliphatic hydroxyl groups is 1. The summed E-state index contributed by atoms with van der Waals surface area (Å²) in [6.45, 7) is 1.50. The van der Waals surface area contributed by atoms with Crippen LogP contribution in [0.25, 0.3) is 0 Å². The van der Waals surface area contributed by atoms with E-state index in [2.05, 4.69) is 20.6 Å². The molecule has 18 heavy (non-hydrogen) atoms. The molecule has 1 aromatic rings. The Labute approximate surface area is 108 Å². The Morgan fingerprint density at radius 1 is 1.22 bits per heavy atom. The van der Waals surface area contributed by atoms with Crippen LogP contribution >= 0.6 is 0 Å². The summed E-state index contributed by atoms with van der Waals surface area (Å²) in [6, 6.07) is 1.87. The molecule has 0 fully saturated rings. The molecule has 6 heteroatoms. The molecule has 0 spiro atoms. The Hall–Kier alpha value is -1.40. The van der Waals surface area contributed by atoms with Crippen LogP contribution in [0.4, 0.5) is 11.6 Å². The average Bonchev–Trinajstić information content (AvgIpc) is 2.38. The normalized spacial score (nSPS) is 10.4. The van der Waals surface area contributed by atoms with Crippen molar-refractivity contribution in [2.75, 3.05) is 37.9 Å². The van der Waals surface area contributed by atoms with Gasteiger partial charge in [-0.05, 0) is 19.3 Å². The molecule has 0 atom stereocenters. The lowest BCUT2D eigenvalue weighted by Gasteiger charge is -2.09. The van der Waals surface area contributed by atoms with E-state index >= 15 is 0 Å². The van der Waals surface area contributed by atoms with E-state index in [4.69, 9.17) is 9.84 Å². The van der Waals surface area contributed by atoms with Crippen LogP contribution in [-0.2, 0) is 11.3 Å². The predicted octanol–water partition coefficient (Wildman–Crippen LogP) is 1.24. The van der Waals surface area contributed by atoms with E-state index in [1.54, 1.807) is 7.11 Å². The van der Waals surface area contributed by atoms with Gasteiger partial charge >= 0.3 is 0 Å². The van der Waals surface area contributed by atoms with Crippen LogP contribution in [0.15, 0.2) is 6.07 Å². The van der Waals surface area contributed by atoms with Gasteiger partial charge in [-0.1, -0.05) is 0 Å². The zero-order valence-corrected chi connectivity index (χ0v) is 11.1. The summed E-state index contributed by atoms with van der Waals surface area (Å²) in [6.07, 6.45) is 2.87. The number of nitrogens with one attached hydrogen (secondary N) is 2. The fourth-order valence-corrected chi connectivity index (χ4v) is 1.54. The molecular formula is C12H22N4O2. The standard InChI is InChI=1S/C12H22N4O2/c1-13-10-8-11(14-6-4-3-5-7-17)16-12(15-10)9-18-2/h8,17H,3-7,9H2,1-2H3,(H2,13,14,15,16). The second-order valence-electron chi connectivity index (χ2n) is 3.95. The molecule has 0 amide bonds. The van der Waals surface area contributed by atoms with Crippen molar-refractivity contribution in [3.05, 3.63) is 11.9 Å². The number of rotatable bonds is 9. The number of ether oxygens (including phenoxy) is 1. The van der Waals surface area contributed by atoms with E-state index in [0.717, 1.165) is 37.4 Å². The highest BCUT2D eigenvalue weighted by Crippen LogP contribution is 2.11. The van der Waals surface area contributed by atoms with Crippen molar-refractivity contribution in [1.82, 2.24) is 9.97 Å². The van der Waals surface area contributed by atoms with E-state index in [0.29, 0.717) is 12.4 Å². The molecule has 1 heterocycles. The van der Waals surface area contributed by atoms with Crippen LogP contribution in [0.5, 0.6) is 0 Å². The SMILES string of the molecule is CNc1cc(NCCCCCO)nc(COC)n1. The minimum atomic E-state index is 0.259. The van der Waals surface area contributed by atoms with Crippen molar-refractivity contribution in [2.24, 2.45) is 0 Å². The van der Waals surface area contributed by atoms with Gasteiger partial charge in [0.05, 0.1) is 0 Å². The third kappa shape index (κ3) is 5.29. The summed E-state index contributed by atoms with van der Waals surface area (Å²) >= 11 is 0. The van der Waals surface area contributed by atoms with Crippen molar-refractivity contribution in [3.63, 3.8) is 0 Å². The Balaban J connectivity index is 2.50. The predicted molar refractivity (Wildman–Crippen MR) is 71.7 cm³/mol. The summed E-state index contributed by atoms with van der Waals surface area (Å²) < 4.78 is 5.03. The molecule has 0 saturated heterocycles. The molecule has 0 unspecified atom stereocenters. The van der Waals surface area contributed by atoms with E-state index in [-0.39, 0.29) is 6.61 Å². The van der Waals surface area contributed by atoms with Crippen molar-refractivity contribution in [3.8, 4) is 0 Å². The van der Waals surface area contributed by atoms with E-state index in [1.165, 1.54) is 0 Å². The number of hydrogen-bond acceptors (Lipinski definition) is 6. The molecular weight excluding hydrogens is 232 g/mol. The first-order valence-electron chi connectivity index (χ1n) is 6.19. The Bertz CT molecular complexity index is 347. The quantitative estimate of drug-likeness (QED) is 0.575. The molecule has 102 valence electrons. The van der Waals surface area contributed by atoms with Crippen LogP contribution in [0.2, 0.25) is 0 Å². The van der Waals surface area contributed by atoms with Gasteiger partial charge in [0.2, 0.25) is 0 Å². The van der Waals surface area contributed by atoms with Gasteiger partial charge in [0.15, 0.2) is 5.82 Å². The highest BCUT2D eigenvalue weighted by Gasteiger charge is 2.03. The van der Waals surface area contributed by atoms with E-state index in [9.17, 15) is 0 Å². The molecule has 1 aromatic heterocycles. The minimum absolute atomic E-state index is 0.259. The van der Waals surface area contributed by atoms with Gasteiger partial charge in [-0.25, -0.2) is 9.97 Å². The number of methoxy groups -OCH3 is 1. The van der Waals surface area contributed by atoms with Crippen LogP contribution in [0.3, 0.4) is 0 Å². The van der Waals surface area contributed by atoms with Gasteiger partial charge in [0, 0.05) is 33.4 Å². The second-order valence-corrected chi connectivity index (χ2v) is 3.95. The zero-order valence-electron chi connectivity index (χ0n) is 11.1. The number of aromatic nitrogens is 2. The smallest absolute Gasteiger partial charge is 0.158 e. The fraction of sp³-hybridized carbons (Fsp3) is 0.667. The summed E-state index contributed by atoms with van der Waals surface area (Å²) in [5.74, 6) is 2.22. The van der Waals surface area contributed by atoms with Crippen molar-refractivity contribution >= 4 is 11.6 Å². The van der Waals surface area contributed by atoms with E-state index < -0.39 is 0 Å². The average molecular weight is 254 g/mol. The van der Waals surface area contributed by atoms with Crippen molar-refractivity contribution in [2.45, 2.75) is 25.9 Å². The van der Waals surface area contributed by atoms with Gasteiger partial charge in [-0.3, -0.25) is 0 Å². The zero-order chi connectivity index (χ0) is 13.2. The highest BCUT2D eigenvalue weighted by atomic mass is 16.5. The lowest BCUT2D eigenvalue weighted by molar-refractivity contribution is 0.178. The third-order valence-electron chi connectivity index (χ3n) is 2.44. The van der Waals surface area contributed by atoms with Crippen molar-refractivity contribution in [1.29, 1.82) is 0 Å². The first kappa shape index (κ1) is 14.7. The number of anilines is 2. The first-order valence-corrected chi connectivity index (χ1v) is 6.19. The van der Waals surface area contributed by atoms with Crippen LogP contribution in [0.1, 0.15) is 25.1 Å². The molecule has 1 rings (SSSR count). The molecule has 0 aliphatic rings. The molecule has 0 bridgehead atoms. The summed E-state index contributed by atoms with van der Waals surface area (Å²) in [5, 5.41) is 14.9. The second kappa shape index (κ2) is 8.66. The lowest BCUT2D eigenvalue weighted by Crippen LogP contribution is -2.08. The molecule has 3 N–H and O–H groups in total. The maximum atomic E-state index is 8.68. The van der Waals surface area contributed by atoms with Crippen LogP contribution in [-0.4, -0.2) is 42.4 Å². The van der Waals surface area contributed by atoms with Gasteiger partial charge in [-0.15, -0.1) is 0 Å². The Morgan fingerprint density at radius 3 is 2.67 bits per heavy atom. The van der Waals surface area contributed by atoms with Crippen molar-refractivity contribution < 1.29 is 9.84 Å². The van der Waals surface area contributed by atoms with Gasteiger partial charge in [0.25, 0.3) is 0 Å². The third-order valence-corrected chi connectivity index (χ3v) is 2.44. The number of aliphatic hydroxyl groups excluding tert-OH is 1. The molecule has 0 saturated carbocycles. The minimum Gasteiger partial charge on any atom is -0.396 e. The molecule has 0 aromatic carbocycles. The van der Waals surface area contributed by atoms with Crippen LogP contribution in [0, 0.1) is 0 Å². The van der Waals surface area contributed by atoms with Gasteiger partial charge in [-0.2, -0.15) is 0 Å². The monoisotopic (exact) mass is 254 g/mol. The Morgan fingerprint density at radius 2 is 2.00 bits per heavy atom. The summed E-state index contributed by atoms with van der Waals surface area (Å²) in [5.41, 5.74) is 0. The summed E-state index contributed by atoms with van der Waals surface area (Å²) in [4.78, 5) is 8.63. The molecule has 6 nitrogen and oxygen atoms in total. The number of unbranched alkanes of at least 4 members (excludes halogenated alkanes) is 2. The summed E-state index contributed by atoms with van der Waals surface area (Å²) in [7, 11) is 3.45. The van der Waals surface area contributed by atoms with Crippen LogP contribution < -0.4 is 10.6 Å². The maximum absolute atomic E-state index is 8.68. The molecule has 0 aliphatic heterocycles. The largest absolute Gasteiger partial charge is 0.396 e. The number of nitrogens with zero attached hydrogens (tertiary/aromatic N) is 2. The maximum Gasteiger partial charge on any atom is 0.158 e. The van der Waals surface area contributed by atoms with Gasteiger partial charge < -0.3 is 20.5 Å². The fourth-order valence-electron chi connectivity index (χ4n) is 1.54. The highest BCUT2D eigenvalue weighted by molar-refractivity contribution is 5.47. The first-order chi connectivity index (χ1) is 8.80. The molecule has 0 aliphatic carbocycles.